The molecule has 2 aromatic rings. The van der Waals surface area contributed by atoms with Gasteiger partial charge in [0.1, 0.15) is 11.6 Å². The average Bonchev–Trinajstić information content (AvgIpc) is 2.41. The molecule has 2 aromatic carbocycles. The van der Waals surface area contributed by atoms with Gasteiger partial charge in [-0.1, -0.05) is 34.1 Å². The van der Waals surface area contributed by atoms with E-state index in [9.17, 15) is 9.18 Å². The predicted octanol–water partition coefficient (Wildman–Crippen LogP) is 4.02. The third kappa shape index (κ3) is 3.20. The summed E-state index contributed by atoms with van der Waals surface area (Å²) in [5, 5.41) is 0. The van der Waals surface area contributed by atoms with Gasteiger partial charge in [0.15, 0.2) is 5.78 Å². The molecule has 4 heteroatoms. The van der Waals surface area contributed by atoms with Crippen molar-refractivity contribution >= 4 is 21.7 Å². The van der Waals surface area contributed by atoms with E-state index in [1.165, 1.54) is 13.2 Å². The molecule has 0 N–H and O–H groups in total. The highest BCUT2D eigenvalue weighted by molar-refractivity contribution is 9.10. The number of halogens is 2. The standard InChI is InChI=1S/C15H12BrFO2/c1-19-15-7-6-11(16)9-12(15)14(18)8-10-4-2-3-5-13(10)17/h2-7,9H,8H2,1H3. The summed E-state index contributed by atoms with van der Waals surface area (Å²) < 4.78 is 19.5. The first-order chi connectivity index (χ1) is 9.11. The van der Waals surface area contributed by atoms with Gasteiger partial charge < -0.3 is 4.74 Å². The predicted molar refractivity (Wildman–Crippen MR) is 75.1 cm³/mol. The molecule has 0 spiro atoms. The Bertz CT molecular complexity index is 611. The number of Topliss-reactive ketones (excluding diaryl/α,β-unsaturated/α-hetero) is 1. The fourth-order valence-corrected chi connectivity index (χ4v) is 2.17. The first kappa shape index (κ1) is 13.7. The van der Waals surface area contributed by atoms with Crippen molar-refractivity contribution in [2.45, 2.75) is 6.42 Å². The van der Waals surface area contributed by atoms with Crippen molar-refractivity contribution < 1.29 is 13.9 Å². The fourth-order valence-electron chi connectivity index (χ4n) is 1.81. The maximum atomic E-state index is 13.5. The van der Waals surface area contributed by atoms with Crippen LogP contribution in [0.3, 0.4) is 0 Å². The minimum absolute atomic E-state index is 0.0134. The quantitative estimate of drug-likeness (QED) is 0.795. The Kier molecular flexibility index (Phi) is 4.32. The number of carbonyl (C=O) groups excluding carboxylic acids is 1. The molecular formula is C15H12BrFO2. The van der Waals surface area contributed by atoms with Gasteiger partial charge in [0.2, 0.25) is 0 Å². The van der Waals surface area contributed by atoms with Crippen molar-refractivity contribution in [1.82, 2.24) is 0 Å². The summed E-state index contributed by atoms with van der Waals surface area (Å²) in [5.74, 6) is -0.0578. The lowest BCUT2D eigenvalue weighted by atomic mass is 10.0. The van der Waals surface area contributed by atoms with Crippen LogP contribution in [-0.4, -0.2) is 12.9 Å². The molecular weight excluding hydrogens is 311 g/mol. The van der Waals surface area contributed by atoms with Crippen LogP contribution < -0.4 is 4.74 Å². The molecule has 19 heavy (non-hydrogen) atoms. The Balaban J connectivity index is 2.30. The van der Waals surface area contributed by atoms with E-state index in [2.05, 4.69) is 15.9 Å². The first-order valence-corrected chi connectivity index (χ1v) is 6.51. The van der Waals surface area contributed by atoms with Crippen LogP contribution in [0.1, 0.15) is 15.9 Å². The van der Waals surface area contributed by atoms with Crippen molar-refractivity contribution in [1.29, 1.82) is 0 Å². The van der Waals surface area contributed by atoms with E-state index >= 15 is 0 Å². The smallest absolute Gasteiger partial charge is 0.171 e. The number of ketones is 1. The summed E-state index contributed by atoms with van der Waals surface area (Å²) in [6.45, 7) is 0. The molecule has 0 fully saturated rings. The van der Waals surface area contributed by atoms with Gasteiger partial charge in [-0.3, -0.25) is 4.79 Å². The maximum Gasteiger partial charge on any atom is 0.171 e. The Hall–Kier alpha value is -1.68. The number of benzene rings is 2. The fraction of sp³-hybridized carbons (Fsp3) is 0.133. The largest absolute Gasteiger partial charge is 0.496 e. The second kappa shape index (κ2) is 5.97. The average molecular weight is 323 g/mol. The topological polar surface area (TPSA) is 26.3 Å². The molecule has 0 atom stereocenters. The minimum atomic E-state index is -0.371. The van der Waals surface area contributed by atoms with Crippen molar-refractivity contribution in [3.05, 3.63) is 63.9 Å². The van der Waals surface area contributed by atoms with E-state index in [0.29, 0.717) is 16.9 Å². The van der Waals surface area contributed by atoms with Crippen LogP contribution in [0.15, 0.2) is 46.9 Å². The molecule has 0 aliphatic heterocycles. The second-order valence-corrected chi connectivity index (χ2v) is 4.95. The van der Waals surface area contributed by atoms with Gasteiger partial charge >= 0.3 is 0 Å². The van der Waals surface area contributed by atoms with Gasteiger partial charge in [-0.05, 0) is 29.8 Å². The van der Waals surface area contributed by atoms with E-state index in [4.69, 9.17) is 4.74 Å². The number of hydrogen-bond donors (Lipinski definition) is 0. The van der Waals surface area contributed by atoms with E-state index in [1.807, 2.05) is 0 Å². The summed E-state index contributed by atoms with van der Waals surface area (Å²) in [4.78, 5) is 12.2. The lowest BCUT2D eigenvalue weighted by molar-refractivity contribution is 0.0989. The highest BCUT2D eigenvalue weighted by Crippen LogP contribution is 2.24. The maximum absolute atomic E-state index is 13.5. The van der Waals surface area contributed by atoms with Crippen molar-refractivity contribution in [2.75, 3.05) is 7.11 Å². The van der Waals surface area contributed by atoms with Crippen molar-refractivity contribution in [2.24, 2.45) is 0 Å². The number of hydrogen-bond acceptors (Lipinski definition) is 2. The number of methoxy groups -OCH3 is 1. The van der Waals surface area contributed by atoms with Crippen LogP contribution >= 0.6 is 15.9 Å². The summed E-state index contributed by atoms with van der Waals surface area (Å²) in [7, 11) is 1.50. The molecule has 98 valence electrons. The van der Waals surface area contributed by atoms with E-state index < -0.39 is 0 Å². The van der Waals surface area contributed by atoms with Crippen LogP contribution in [0.2, 0.25) is 0 Å². The van der Waals surface area contributed by atoms with Crippen LogP contribution in [0, 0.1) is 5.82 Å². The van der Waals surface area contributed by atoms with E-state index in [-0.39, 0.29) is 18.0 Å². The van der Waals surface area contributed by atoms with Gasteiger partial charge in [0.05, 0.1) is 12.7 Å². The van der Waals surface area contributed by atoms with E-state index in [1.54, 1.807) is 36.4 Å². The molecule has 0 saturated heterocycles. The summed E-state index contributed by atoms with van der Waals surface area (Å²) in [5.41, 5.74) is 0.828. The molecule has 0 aromatic heterocycles. The Morgan fingerprint density at radius 3 is 2.68 bits per heavy atom. The Morgan fingerprint density at radius 1 is 1.26 bits per heavy atom. The molecule has 0 heterocycles. The zero-order valence-corrected chi connectivity index (χ0v) is 11.9. The molecule has 0 unspecified atom stereocenters. The highest BCUT2D eigenvalue weighted by atomic mass is 79.9. The summed E-state index contributed by atoms with van der Waals surface area (Å²) in [6, 6.07) is 11.4. The third-order valence-corrected chi connectivity index (χ3v) is 3.26. The second-order valence-electron chi connectivity index (χ2n) is 4.04. The van der Waals surface area contributed by atoms with Gasteiger partial charge in [-0.2, -0.15) is 0 Å². The van der Waals surface area contributed by atoms with Gasteiger partial charge in [0, 0.05) is 10.9 Å². The zero-order valence-electron chi connectivity index (χ0n) is 10.3. The molecule has 0 aliphatic rings. The molecule has 0 amide bonds. The monoisotopic (exact) mass is 322 g/mol. The van der Waals surface area contributed by atoms with Gasteiger partial charge in [0.25, 0.3) is 0 Å². The Morgan fingerprint density at radius 2 is 2.00 bits per heavy atom. The van der Waals surface area contributed by atoms with Crippen LogP contribution in [0.25, 0.3) is 0 Å². The molecule has 0 saturated carbocycles. The summed E-state index contributed by atoms with van der Waals surface area (Å²) >= 11 is 3.31. The lowest BCUT2D eigenvalue weighted by Crippen LogP contribution is -2.07. The molecule has 0 bridgehead atoms. The van der Waals surface area contributed by atoms with Crippen LogP contribution in [-0.2, 0) is 6.42 Å². The van der Waals surface area contributed by atoms with Gasteiger partial charge in [-0.25, -0.2) is 4.39 Å². The molecule has 0 radical (unpaired) electrons. The van der Waals surface area contributed by atoms with Crippen molar-refractivity contribution in [3.63, 3.8) is 0 Å². The van der Waals surface area contributed by atoms with Crippen LogP contribution in [0.5, 0.6) is 5.75 Å². The normalized spacial score (nSPS) is 10.3. The number of carbonyl (C=O) groups is 1. The third-order valence-electron chi connectivity index (χ3n) is 2.77. The minimum Gasteiger partial charge on any atom is -0.496 e. The lowest BCUT2D eigenvalue weighted by Gasteiger charge is -2.08. The zero-order chi connectivity index (χ0) is 13.8. The Labute approximate surface area is 119 Å². The summed E-state index contributed by atoms with van der Waals surface area (Å²) in [6.07, 6.45) is 0.0134. The highest BCUT2D eigenvalue weighted by Gasteiger charge is 2.15. The van der Waals surface area contributed by atoms with Crippen LogP contribution in [0.4, 0.5) is 4.39 Å². The SMILES string of the molecule is COc1ccc(Br)cc1C(=O)Cc1ccccc1F. The molecule has 2 rings (SSSR count). The molecule has 2 nitrogen and oxygen atoms in total. The van der Waals surface area contributed by atoms with Crippen molar-refractivity contribution in [3.8, 4) is 5.75 Å². The van der Waals surface area contributed by atoms with E-state index in [0.717, 1.165) is 4.47 Å². The van der Waals surface area contributed by atoms with Gasteiger partial charge in [-0.15, -0.1) is 0 Å². The first-order valence-electron chi connectivity index (χ1n) is 5.72. The number of rotatable bonds is 4. The number of ether oxygens (including phenoxy) is 1. The molecule has 0 aliphatic carbocycles.